The van der Waals surface area contributed by atoms with Gasteiger partial charge in [0.2, 0.25) is 0 Å². The summed E-state index contributed by atoms with van der Waals surface area (Å²) >= 11 is 3.59. The molecule has 0 spiro atoms. The molecule has 0 radical (unpaired) electrons. The maximum Gasteiger partial charge on any atom is 0.113 e. The quantitative estimate of drug-likeness (QED) is 0.124. The van der Waals surface area contributed by atoms with Crippen LogP contribution in [0, 0.1) is 10.8 Å². The predicted octanol–water partition coefficient (Wildman–Crippen LogP) is 11.0. The second-order valence-electron chi connectivity index (χ2n) is 12.2. The summed E-state index contributed by atoms with van der Waals surface area (Å²) in [6.07, 6.45) is 6.70. The molecule has 0 saturated carbocycles. The number of fused-ring (bicyclic) bond motifs is 5. The first kappa shape index (κ1) is 31.6. The molecule has 52 heavy (non-hydrogen) atoms. The van der Waals surface area contributed by atoms with Crippen molar-refractivity contribution < 1.29 is 0 Å². The van der Waals surface area contributed by atoms with Crippen molar-refractivity contribution in [2.24, 2.45) is 0 Å². The lowest BCUT2D eigenvalue weighted by Crippen LogP contribution is -2.21. The zero-order chi connectivity index (χ0) is 35.2. The van der Waals surface area contributed by atoms with E-state index in [0.29, 0.717) is 5.69 Å². The highest BCUT2D eigenvalue weighted by atomic mass is 32.2. The molecule has 10 rings (SSSR count). The van der Waals surface area contributed by atoms with E-state index in [1.54, 1.807) is 52.6 Å². The van der Waals surface area contributed by atoms with Crippen LogP contribution in [0.15, 0.2) is 177 Å². The van der Waals surface area contributed by atoms with E-state index in [1.165, 1.54) is 19.6 Å². The highest BCUT2D eigenvalue weighted by molar-refractivity contribution is 8.00. The fraction of sp³-hybridized carbons (Fsp3) is 0. The van der Waals surface area contributed by atoms with Crippen LogP contribution in [0.1, 0.15) is 0 Å². The van der Waals surface area contributed by atoms with Crippen LogP contribution in [-0.2, 0) is 0 Å². The zero-order valence-corrected chi connectivity index (χ0v) is 29.3. The van der Waals surface area contributed by atoms with Crippen LogP contribution in [-0.4, -0.2) is 26.4 Å². The van der Waals surface area contributed by atoms with Crippen LogP contribution >= 0.6 is 23.5 Å². The molecule has 8 nitrogen and oxygen atoms in total. The minimum Gasteiger partial charge on any atom is -0.397 e. The molecule has 1 aromatic heterocycles. The minimum atomic E-state index is 0.285. The van der Waals surface area contributed by atoms with Crippen molar-refractivity contribution in [1.82, 2.24) is 15.0 Å². The summed E-state index contributed by atoms with van der Waals surface area (Å²) < 4.78 is 0. The number of anilines is 7. The number of para-hydroxylation sites is 4. The largest absolute Gasteiger partial charge is 0.397 e. The van der Waals surface area contributed by atoms with Crippen molar-refractivity contribution in [3.05, 3.63) is 158 Å². The Labute approximate surface area is 308 Å². The number of hydrogen-bond acceptors (Lipinski definition) is 9. The van der Waals surface area contributed by atoms with Crippen LogP contribution < -0.4 is 15.5 Å². The summed E-state index contributed by atoms with van der Waals surface area (Å²) in [7, 11) is 0. The van der Waals surface area contributed by atoms with Crippen molar-refractivity contribution in [3.63, 3.8) is 0 Å². The summed E-state index contributed by atoms with van der Waals surface area (Å²) in [6.45, 7) is 0. The molecule has 6 aromatic carbocycles. The van der Waals surface area contributed by atoms with Gasteiger partial charge in [0.15, 0.2) is 0 Å². The summed E-state index contributed by atoms with van der Waals surface area (Å²) in [4.78, 5) is 11.1. The van der Waals surface area contributed by atoms with Crippen molar-refractivity contribution in [1.29, 1.82) is 10.8 Å². The predicted molar refractivity (Wildman–Crippen MR) is 215 cm³/mol. The second-order valence-corrected chi connectivity index (χ2v) is 14.3. The third-order valence-electron chi connectivity index (χ3n) is 8.90. The van der Waals surface area contributed by atoms with Crippen LogP contribution in [0.3, 0.4) is 0 Å². The molecule has 0 unspecified atom stereocenters. The third-order valence-corrected chi connectivity index (χ3v) is 11.2. The lowest BCUT2D eigenvalue weighted by molar-refractivity contribution is 0.767. The van der Waals surface area contributed by atoms with Gasteiger partial charge in [0, 0.05) is 19.6 Å². The zero-order valence-electron chi connectivity index (χ0n) is 27.6. The lowest BCUT2D eigenvalue weighted by atomic mass is 10.1. The van der Waals surface area contributed by atoms with Crippen LogP contribution in [0.25, 0.3) is 16.7 Å². The SMILES string of the molecule is N=C1C=CC=CC1=N.Nc1cc(N2c3ccccc3Sc3ccccc32)c(N2c3ccccc3Sc3ccccc32)cc1-n1nc2ccccc2n1. The molecule has 250 valence electrons. The Hall–Kier alpha value is -6.36. The summed E-state index contributed by atoms with van der Waals surface area (Å²) in [5, 5.41) is 23.7. The number of benzene rings is 6. The first-order chi connectivity index (χ1) is 25.5. The third kappa shape index (κ3) is 5.54. The molecular formula is C42H30N8S2. The summed E-state index contributed by atoms with van der Waals surface area (Å²) in [5.41, 5.74) is 16.9. The van der Waals surface area contributed by atoms with Gasteiger partial charge in [-0.05, 0) is 84.9 Å². The normalized spacial score (nSPS) is 13.9. The number of rotatable bonds is 3. The van der Waals surface area contributed by atoms with E-state index in [-0.39, 0.29) is 11.4 Å². The van der Waals surface area contributed by atoms with Crippen LogP contribution in [0.5, 0.6) is 0 Å². The van der Waals surface area contributed by atoms with Gasteiger partial charge >= 0.3 is 0 Å². The summed E-state index contributed by atoms with van der Waals surface area (Å²) in [6, 6.07) is 46.4. The van der Waals surface area contributed by atoms with E-state index in [9.17, 15) is 0 Å². The van der Waals surface area contributed by atoms with Gasteiger partial charge in [-0.2, -0.15) is 0 Å². The van der Waals surface area contributed by atoms with Crippen molar-refractivity contribution in [2.45, 2.75) is 19.6 Å². The lowest BCUT2D eigenvalue weighted by Gasteiger charge is -2.39. The summed E-state index contributed by atoms with van der Waals surface area (Å²) in [5.74, 6) is 0. The molecular weight excluding hydrogens is 681 g/mol. The van der Waals surface area contributed by atoms with E-state index in [2.05, 4.69) is 119 Å². The molecule has 2 aliphatic heterocycles. The molecule has 4 N–H and O–H groups in total. The standard InChI is InChI=1S/C36H24N6S2.C6H6N2/c37-23-21-31(40-26-13-3-7-17-33(26)43-34-18-8-4-14-27(34)40)32(22-30(23)42-38-24-11-1-2-12-25(24)39-42)41-28-15-5-9-19-35(28)44-36-20-10-6-16-29(36)41;7-5-3-1-2-4-6(5)8/h1-22H,37H2;1-4,7-8H. The molecule has 1 aliphatic carbocycles. The van der Waals surface area contributed by atoms with Gasteiger partial charge < -0.3 is 15.5 Å². The van der Waals surface area contributed by atoms with E-state index < -0.39 is 0 Å². The van der Waals surface area contributed by atoms with Gasteiger partial charge in [0.25, 0.3) is 0 Å². The average molecular weight is 711 g/mol. The van der Waals surface area contributed by atoms with Gasteiger partial charge in [-0.25, -0.2) is 0 Å². The maximum absolute atomic E-state index is 7.03. The fourth-order valence-corrected chi connectivity index (χ4v) is 8.61. The van der Waals surface area contributed by atoms with E-state index in [0.717, 1.165) is 50.8 Å². The highest BCUT2D eigenvalue weighted by Gasteiger charge is 2.32. The number of aromatic nitrogens is 3. The Morgan fingerprint density at radius 1 is 0.442 bits per heavy atom. The average Bonchev–Trinajstić information content (AvgIpc) is 3.62. The fourth-order valence-electron chi connectivity index (χ4n) is 6.49. The molecule has 0 bridgehead atoms. The van der Waals surface area contributed by atoms with Gasteiger partial charge in [0.05, 0.1) is 51.2 Å². The van der Waals surface area contributed by atoms with E-state index >= 15 is 0 Å². The monoisotopic (exact) mass is 710 g/mol. The molecule has 0 saturated heterocycles. The van der Waals surface area contributed by atoms with E-state index in [4.69, 9.17) is 26.7 Å². The second kappa shape index (κ2) is 13.1. The maximum atomic E-state index is 7.03. The van der Waals surface area contributed by atoms with Crippen LogP contribution in [0.2, 0.25) is 0 Å². The smallest absolute Gasteiger partial charge is 0.113 e. The Morgan fingerprint density at radius 3 is 1.21 bits per heavy atom. The van der Waals surface area contributed by atoms with Crippen molar-refractivity contribution >= 4 is 85.8 Å². The van der Waals surface area contributed by atoms with Crippen molar-refractivity contribution in [2.75, 3.05) is 15.5 Å². The molecule has 0 fully saturated rings. The highest BCUT2D eigenvalue weighted by Crippen LogP contribution is 2.58. The Balaban J connectivity index is 0.000000401. The van der Waals surface area contributed by atoms with Gasteiger partial charge in [-0.3, -0.25) is 10.8 Å². The van der Waals surface area contributed by atoms with Crippen molar-refractivity contribution in [3.8, 4) is 5.69 Å². The molecule has 0 atom stereocenters. The Kier molecular flexibility index (Phi) is 7.95. The number of nitrogens with zero attached hydrogens (tertiary/aromatic N) is 5. The number of hydrogen-bond donors (Lipinski definition) is 3. The molecule has 7 aromatic rings. The Bertz CT molecular complexity index is 2480. The molecule has 3 aliphatic rings. The van der Waals surface area contributed by atoms with Gasteiger partial charge in [-0.15, -0.1) is 15.0 Å². The first-order valence-electron chi connectivity index (χ1n) is 16.6. The molecule has 3 heterocycles. The number of allylic oxidation sites excluding steroid dienone is 4. The molecule has 0 amide bonds. The molecule has 10 heteroatoms. The van der Waals surface area contributed by atoms with E-state index in [1.807, 2.05) is 24.3 Å². The number of nitrogens with two attached hydrogens (primary N) is 1. The number of nitrogen functional groups attached to an aromatic ring is 1. The van der Waals surface area contributed by atoms with Crippen LogP contribution in [0.4, 0.5) is 39.8 Å². The first-order valence-corrected chi connectivity index (χ1v) is 18.3. The number of nitrogens with one attached hydrogen (secondary N) is 2. The Morgan fingerprint density at radius 2 is 0.808 bits per heavy atom. The van der Waals surface area contributed by atoms with Gasteiger partial charge in [0.1, 0.15) is 16.7 Å². The van der Waals surface area contributed by atoms with Gasteiger partial charge in [-0.1, -0.05) is 96.3 Å². The minimum absolute atomic E-state index is 0.285. The topological polar surface area (TPSA) is 111 Å².